The van der Waals surface area contributed by atoms with E-state index in [-0.39, 0.29) is 95.6 Å². The van der Waals surface area contributed by atoms with E-state index in [0.29, 0.717) is 71.0 Å². The van der Waals surface area contributed by atoms with Gasteiger partial charge in [-0.25, -0.2) is 0 Å². The summed E-state index contributed by atoms with van der Waals surface area (Å²) in [6, 6.07) is 0. The van der Waals surface area contributed by atoms with Crippen LogP contribution in [0.1, 0.15) is 316 Å². The Hall–Kier alpha value is -2.12. The lowest BCUT2D eigenvalue weighted by atomic mass is 9.43. The van der Waals surface area contributed by atoms with E-state index in [2.05, 4.69) is 111 Å². The predicted octanol–water partition coefficient (Wildman–Crippen LogP) is 21.3. The fourth-order valence-corrected chi connectivity index (χ4v) is 28.7. The molecule has 0 unspecified atom stereocenters. The third-order valence-electron chi connectivity index (χ3n) is 34.4. The van der Waals surface area contributed by atoms with Gasteiger partial charge in [0.1, 0.15) is 31.8 Å². The van der Waals surface area contributed by atoms with E-state index in [0.717, 1.165) is 126 Å². The third kappa shape index (κ3) is 12.3. The number of rotatable bonds is 16. The van der Waals surface area contributed by atoms with E-state index in [1.807, 2.05) is 0 Å². The lowest BCUT2D eigenvalue weighted by molar-refractivity contribution is -0.202. The molecule has 0 aromatic rings. The van der Waals surface area contributed by atoms with Crippen molar-refractivity contribution in [3.8, 4) is 0 Å². The highest BCUT2D eigenvalue weighted by molar-refractivity contribution is 5.79. The maximum absolute atomic E-state index is 15.9. The van der Waals surface area contributed by atoms with Crippen LogP contribution in [-0.2, 0) is 38.1 Å². The second kappa shape index (κ2) is 26.4. The van der Waals surface area contributed by atoms with Crippen LogP contribution in [0.3, 0.4) is 0 Å². The molecule has 8 nitrogen and oxygen atoms in total. The first kappa shape index (κ1) is 70.7. The molecule has 0 N–H and O–H groups in total. The summed E-state index contributed by atoms with van der Waals surface area (Å²) < 4.78 is 28.3. The van der Waals surface area contributed by atoms with Crippen molar-refractivity contribution in [3.05, 3.63) is 0 Å². The quantitative estimate of drug-likeness (QED) is 0.111. The predicted molar refractivity (Wildman–Crippen MR) is 374 cm³/mol. The topological polar surface area (TPSA) is 105 Å². The van der Waals surface area contributed by atoms with E-state index in [1.165, 1.54) is 103 Å². The second-order valence-electron chi connectivity index (χ2n) is 40.2. The highest BCUT2D eigenvalue weighted by Crippen LogP contribution is 2.70. The molecule has 0 aromatic heterocycles. The van der Waals surface area contributed by atoms with Crippen LogP contribution in [-0.4, -0.2) is 50.3 Å². The van der Waals surface area contributed by atoms with Crippen molar-refractivity contribution < 1.29 is 38.1 Å². The maximum atomic E-state index is 15.9. The summed E-state index contributed by atoms with van der Waals surface area (Å²) in [7, 11) is 0. The summed E-state index contributed by atoms with van der Waals surface area (Å²) in [5, 5.41) is 0. The highest BCUT2D eigenvalue weighted by Gasteiger charge is 2.65. The SMILES string of the molecule is CC(C)[C@@H]1CC[C@H]2[C@@H](CC[C@@H]3[C@]2(C)CCC[C@@]3(C)C(=O)OCC(COC(=O)[C@]2(C)CCC[C@@]3(C)[C@H]2CC[C@H]2C[C@H](C(C)C)CC[C@@H]23)(COC(=O)[C@]2(C)CCC[C@@]3(C)[C@H]2CC[C@H]2C[C@H](C(C)C)CC[C@@H]23)COC(=O)[C@]2(C)CCC[C@@]3(C)[C@H]2CC[C@H]2C[C@H](C(C)C)CC[C@@H]23)C1. The largest absolute Gasteiger partial charge is 0.464 e. The average molecular weight is 1290 g/mol. The first-order valence-corrected chi connectivity index (χ1v) is 40.6. The van der Waals surface area contributed by atoms with Crippen LogP contribution < -0.4 is 0 Å². The molecule has 0 saturated heterocycles. The smallest absolute Gasteiger partial charge is 0.312 e. The van der Waals surface area contributed by atoms with Gasteiger partial charge in [0.25, 0.3) is 0 Å². The summed E-state index contributed by atoms with van der Waals surface area (Å²) in [6.07, 6.45) is 35.7. The van der Waals surface area contributed by atoms with Gasteiger partial charge in [-0.3, -0.25) is 19.2 Å². The Bertz CT molecular complexity index is 2320. The van der Waals surface area contributed by atoms with Crippen LogP contribution in [0.5, 0.6) is 0 Å². The van der Waals surface area contributed by atoms with E-state index in [1.54, 1.807) is 0 Å². The lowest BCUT2D eigenvalue weighted by Crippen LogP contribution is -2.58. The summed E-state index contributed by atoms with van der Waals surface area (Å²) in [6.45, 7) is 37.7. The molecule has 93 heavy (non-hydrogen) atoms. The van der Waals surface area contributed by atoms with Crippen molar-refractivity contribution in [1.82, 2.24) is 0 Å². The minimum atomic E-state index is -1.35. The van der Waals surface area contributed by atoms with Crippen LogP contribution in [0.15, 0.2) is 0 Å². The Morgan fingerprint density at radius 1 is 0.301 bits per heavy atom. The molecule has 0 bridgehead atoms. The molecule has 12 aliphatic carbocycles. The van der Waals surface area contributed by atoms with Crippen LogP contribution >= 0.6 is 0 Å². The van der Waals surface area contributed by atoms with Gasteiger partial charge in [-0.1, -0.05) is 109 Å². The molecule has 0 spiro atoms. The Balaban J connectivity index is 0.870. The molecular formula is C85H140O8. The molecule has 12 rings (SSSR count). The van der Waals surface area contributed by atoms with Gasteiger partial charge in [-0.05, 0) is 347 Å². The van der Waals surface area contributed by atoms with Gasteiger partial charge < -0.3 is 18.9 Å². The number of carbonyl (C=O) groups is 4. The zero-order valence-electron chi connectivity index (χ0n) is 62.8. The minimum Gasteiger partial charge on any atom is -0.464 e. The lowest BCUT2D eigenvalue weighted by Gasteiger charge is -2.61. The number of hydrogen-bond acceptors (Lipinski definition) is 8. The van der Waals surface area contributed by atoms with Crippen molar-refractivity contribution in [2.45, 2.75) is 316 Å². The fourth-order valence-electron chi connectivity index (χ4n) is 28.7. The van der Waals surface area contributed by atoms with E-state index in [9.17, 15) is 0 Å². The minimum absolute atomic E-state index is 0.0407. The molecule has 12 saturated carbocycles. The van der Waals surface area contributed by atoms with Gasteiger partial charge in [-0.2, -0.15) is 0 Å². The van der Waals surface area contributed by atoms with Gasteiger partial charge in [-0.15, -0.1) is 0 Å². The third-order valence-corrected chi connectivity index (χ3v) is 34.4. The Kier molecular flexibility index (Phi) is 20.1. The zero-order valence-corrected chi connectivity index (χ0v) is 62.8. The normalized spacial score (nSPS) is 47.3. The Morgan fingerprint density at radius 3 is 0.699 bits per heavy atom. The molecule has 0 heterocycles. The molecule has 0 aliphatic heterocycles. The molecule has 12 aliphatic rings. The van der Waals surface area contributed by atoms with Crippen molar-refractivity contribution >= 4 is 23.9 Å². The first-order chi connectivity index (χ1) is 43.9. The van der Waals surface area contributed by atoms with Crippen molar-refractivity contribution in [3.63, 3.8) is 0 Å². The molecule has 0 aromatic carbocycles. The maximum Gasteiger partial charge on any atom is 0.312 e. The van der Waals surface area contributed by atoms with Gasteiger partial charge in [0.2, 0.25) is 0 Å². The van der Waals surface area contributed by atoms with Crippen molar-refractivity contribution in [2.75, 3.05) is 26.4 Å². The highest BCUT2D eigenvalue weighted by atomic mass is 16.6. The van der Waals surface area contributed by atoms with Crippen molar-refractivity contribution in [1.29, 1.82) is 0 Å². The molecule has 24 atom stereocenters. The number of hydrogen-bond donors (Lipinski definition) is 0. The van der Waals surface area contributed by atoms with Crippen LogP contribution in [0, 0.1) is 167 Å². The molecule has 0 radical (unpaired) electrons. The van der Waals surface area contributed by atoms with Gasteiger partial charge in [0.15, 0.2) is 0 Å². The number of fused-ring (bicyclic) bond motifs is 12. The summed E-state index contributed by atoms with van der Waals surface area (Å²) >= 11 is 0. The molecule has 528 valence electrons. The summed E-state index contributed by atoms with van der Waals surface area (Å²) in [5.74, 6) is 11.1. The standard InChI is InChI=1S/C85H140O8/c1-53(2)57-21-29-65-61(45-57)25-33-69-77(65,9)37-17-41-81(69,13)73(86)90-49-85(50-91-74(87)82(14)42-18-38-78(10)66-30-22-58(54(3)4)46-62(66)26-34-70(78)82,51-92-75(88)83(15)43-19-39-79(11)67-31-23-59(55(5)6)47-63(67)27-35-71(79)83)52-93-76(89)84(16)44-20-40-80(12)68-32-24-60(56(7)8)48-64(68)28-36-72(80)84/h53-72H,17-52H2,1-16H3/t57-,58-,59-,60-,61+,62+,63+,64+,65+,66+,67+,68+,69-,70-,71-,72-,77-,78-,79-,80-,81-,82-,83-,84-/m1/s1. The monoisotopic (exact) mass is 1290 g/mol. The van der Waals surface area contributed by atoms with Gasteiger partial charge in [0.05, 0.1) is 21.7 Å². The van der Waals surface area contributed by atoms with E-state index < -0.39 is 27.1 Å². The van der Waals surface area contributed by atoms with Crippen LogP contribution in [0.4, 0.5) is 0 Å². The van der Waals surface area contributed by atoms with Gasteiger partial charge in [0, 0.05) is 0 Å². The average Bonchev–Trinajstić information content (AvgIpc) is 0.747. The number of ether oxygens (including phenoxy) is 4. The molecule has 0 amide bonds. The fraction of sp³-hybridized carbons (Fsp3) is 0.953. The van der Waals surface area contributed by atoms with Crippen molar-refractivity contribution in [2.24, 2.45) is 167 Å². The van der Waals surface area contributed by atoms with Gasteiger partial charge >= 0.3 is 23.9 Å². The summed E-state index contributed by atoms with van der Waals surface area (Å²) in [4.78, 5) is 63.7. The second-order valence-corrected chi connectivity index (χ2v) is 40.2. The number of carbonyl (C=O) groups excluding carboxylic acids is 4. The van der Waals surface area contributed by atoms with E-state index in [4.69, 9.17) is 18.9 Å². The zero-order chi connectivity index (χ0) is 66.6. The first-order valence-electron chi connectivity index (χ1n) is 40.6. The molecule has 12 fully saturated rings. The van der Waals surface area contributed by atoms with E-state index >= 15 is 19.2 Å². The van der Waals surface area contributed by atoms with Crippen LogP contribution in [0.25, 0.3) is 0 Å². The summed E-state index contributed by atoms with van der Waals surface area (Å²) in [5.41, 5.74) is -4.03. The molecule has 8 heteroatoms. The van der Waals surface area contributed by atoms with Crippen LogP contribution in [0.2, 0.25) is 0 Å². The Morgan fingerprint density at radius 2 is 0.505 bits per heavy atom. The molecular weight excluding hydrogens is 1150 g/mol. The number of esters is 4. The Labute approximate surface area is 568 Å².